The Morgan fingerprint density at radius 3 is 2.52 bits per heavy atom. The fraction of sp³-hybridized carbons (Fsp3) is 0.368. The number of hydrogen-bond acceptors (Lipinski definition) is 5. The predicted molar refractivity (Wildman–Crippen MR) is 93.7 cm³/mol. The maximum atomic E-state index is 13.0. The van der Waals surface area contributed by atoms with Crippen LogP contribution in [0.2, 0.25) is 0 Å². The number of amides is 1. The van der Waals surface area contributed by atoms with Crippen molar-refractivity contribution in [3.05, 3.63) is 53.3 Å². The zero-order valence-corrected chi connectivity index (χ0v) is 14.2. The SMILES string of the molecule is Cc1cccc2c1C(C(=O)N1CCN(c3ncccn3)CC1)CC2=O. The second kappa shape index (κ2) is 6.27. The number of hydrogen-bond donors (Lipinski definition) is 0. The Balaban J connectivity index is 1.48. The topological polar surface area (TPSA) is 66.4 Å². The molecule has 1 fully saturated rings. The van der Waals surface area contributed by atoms with Gasteiger partial charge in [0, 0.05) is 50.6 Å². The lowest BCUT2D eigenvalue weighted by Crippen LogP contribution is -2.50. The number of fused-ring (bicyclic) bond motifs is 1. The summed E-state index contributed by atoms with van der Waals surface area (Å²) in [5, 5.41) is 0. The summed E-state index contributed by atoms with van der Waals surface area (Å²) in [5.74, 6) is 0.512. The lowest BCUT2D eigenvalue weighted by atomic mass is 9.95. The molecule has 128 valence electrons. The van der Waals surface area contributed by atoms with Gasteiger partial charge in [0.2, 0.25) is 11.9 Å². The average Bonchev–Trinajstić information content (AvgIpc) is 3.00. The van der Waals surface area contributed by atoms with Crippen LogP contribution in [0, 0.1) is 6.92 Å². The molecular formula is C19H20N4O2. The van der Waals surface area contributed by atoms with Gasteiger partial charge in [0.15, 0.2) is 5.78 Å². The second-order valence-electron chi connectivity index (χ2n) is 6.58. The number of carbonyl (C=O) groups is 2. The molecule has 1 aliphatic heterocycles. The number of piperazine rings is 1. The van der Waals surface area contributed by atoms with Crippen LogP contribution in [-0.2, 0) is 4.79 Å². The number of carbonyl (C=O) groups excluding carboxylic acids is 2. The number of anilines is 1. The summed E-state index contributed by atoms with van der Waals surface area (Å²) in [6, 6.07) is 7.49. The molecular weight excluding hydrogens is 316 g/mol. The fourth-order valence-electron chi connectivity index (χ4n) is 3.80. The number of rotatable bonds is 2. The standard InChI is InChI=1S/C19H20N4O2/c1-13-4-2-5-14-16(24)12-15(17(13)14)18(25)22-8-10-23(11-9-22)19-20-6-3-7-21-19/h2-7,15H,8-12H2,1H3. The average molecular weight is 336 g/mol. The highest BCUT2D eigenvalue weighted by Crippen LogP contribution is 2.36. The molecule has 1 amide bonds. The normalized spacial score (nSPS) is 19.9. The third kappa shape index (κ3) is 2.77. The number of ketones is 1. The lowest BCUT2D eigenvalue weighted by molar-refractivity contribution is -0.133. The van der Waals surface area contributed by atoms with E-state index in [1.807, 2.05) is 30.0 Å². The lowest BCUT2D eigenvalue weighted by Gasteiger charge is -2.36. The summed E-state index contributed by atoms with van der Waals surface area (Å²) < 4.78 is 0. The zero-order valence-electron chi connectivity index (χ0n) is 14.2. The fourth-order valence-corrected chi connectivity index (χ4v) is 3.80. The second-order valence-corrected chi connectivity index (χ2v) is 6.58. The molecule has 1 aromatic heterocycles. The van der Waals surface area contributed by atoms with Crippen LogP contribution in [-0.4, -0.2) is 52.7 Å². The highest BCUT2D eigenvalue weighted by Gasteiger charge is 2.38. The van der Waals surface area contributed by atoms with E-state index in [1.54, 1.807) is 18.5 Å². The van der Waals surface area contributed by atoms with E-state index in [-0.39, 0.29) is 17.6 Å². The van der Waals surface area contributed by atoms with Gasteiger partial charge in [0.05, 0.1) is 5.92 Å². The molecule has 0 spiro atoms. The highest BCUT2D eigenvalue weighted by molar-refractivity contribution is 6.07. The van der Waals surface area contributed by atoms with E-state index in [0.717, 1.165) is 16.7 Å². The van der Waals surface area contributed by atoms with Crippen molar-refractivity contribution in [2.75, 3.05) is 31.1 Å². The van der Waals surface area contributed by atoms with Crippen LogP contribution in [0.3, 0.4) is 0 Å². The molecule has 6 heteroatoms. The van der Waals surface area contributed by atoms with Crippen LogP contribution in [0.4, 0.5) is 5.95 Å². The smallest absolute Gasteiger partial charge is 0.230 e. The Hall–Kier alpha value is -2.76. The Morgan fingerprint density at radius 2 is 1.80 bits per heavy atom. The maximum absolute atomic E-state index is 13.0. The highest BCUT2D eigenvalue weighted by atomic mass is 16.2. The minimum absolute atomic E-state index is 0.0648. The van der Waals surface area contributed by atoms with Crippen molar-refractivity contribution < 1.29 is 9.59 Å². The van der Waals surface area contributed by atoms with Gasteiger partial charge in [-0.3, -0.25) is 9.59 Å². The summed E-state index contributed by atoms with van der Waals surface area (Å²) in [4.78, 5) is 37.8. The maximum Gasteiger partial charge on any atom is 0.230 e. The third-order valence-corrected chi connectivity index (χ3v) is 5.09. The molecule has 2 aliphatic rings. The van der Waals surface area contributed by atoms with Gasteiger partial charge in [0.25, 0.3) is 0 Å². The van der Waals surface area contributed by atoms with E-state index < -0.39 is 0 Å². The van der Waals surface area contributed by atoms with E-state index in [4.69, 9.17) is 0 Å². The third-order valence-electron chi connectivity index (χ3n) is 5.09. The van der Waals surface area contributed by atoms with Crippen molar-refractivity contribution in [3.63, 3.8) is 0 Å². The monoisotopic (exact) mass is 336 g/mol. The molecule has 0 saturated carbocycles. The van der Waals surface area contributed by atoms with Crippen molar-refractivity contribution in [3.8, 4) is 0 Å². The number of benzene rings is 1. The molecule has 1 aromatic carbocycles. The largest absolute Gasteiger partial charge is 0.339 e. The molecule has 1 atom stereocenters. The first-order chi connectivity index (χ1) is 12.1. The minimum Gasteiger partial charge on any atom is -0.339 e. The van der Waals surface area contributed by atoms with Crippen molar-refractivity contribution in [2.45, 2.75) is 19.3 Å². The Labute approximate surface area is 146 Å². The van der Waals surface area contributed by atoms with E-state index in [0.29, 0.717) is 38.5 Å². The molecule has 1 aliphatic carbocycles. The molecule has 2 aromatic rings. The summed E-state index contributed by atoms with van der Waals surface area (Å²) in [5.41, 5.74) is 2.67. The molecule has 25 heavy (non-hydrogen) atoms. The van der Waals surface area contributed by atoms with Crippen LogP contribution in [0.5, 0.6) is 0 Å². The van der Waals surface area contributed by atoms with Gasteiger partial charge in [-0.25, -0.2) is 9.97 Å². The van der Waals surface area contributed by atoms with Gasteiger partial charge in [-0.05, 0) is 24.1 Å². The van der Waals surface area contributed by atoms with Crippen LogP contribution in [0.25, 0.3) is 0 Å². The summed E-state index contributed by atoms with van der Waals surface area (Å²) >= 11 is 0. The molecule has 0 radical (unpaired) electrons. The van der Waals surface area contributed by atoms with Gasteiger partial charge >= 0.3 is 0 Å². The Bertz CT molecular complexity index is 813. The van der Waals surface area contributed by atoms with E-state index in [1.165, 1.54) is 0 Å². The first-order valence-corrected chi connectivity index (χ1v) is 8.58. The Kier molecular flexibility index (Phi) is 3.95. The van der Waals surface area contributed by atoms with E-state index >= 15 is 0 Å². The first-order valence-electron chi connectivity index (χ1n) is 8.58. The van der Waals surface area contributed by atoms with E-state index in [2.05, 4.69) is 14.9 Å². The summed E-state index contributed by atoms with van der Waals surface area (Å²) in [7, 11) is 0. The van der Waals surface area contributed by atoms with Crippen LogP contribution >= 0.6 is 0 Å². The van der Waals surface area contributed by atoms with Crippen molar-refractivity contribution in [2.24, 2.45) is 0 Å². The van der Waals surface area contributed by atoms with Crippen molar-refractivity contribution >= 4 is 17.6 Å². The number of nitrogens with zero attached hydrogens (tertiary/aromatic N) is 4. The summed E-state index contributed by atoms with van der Waals surface area (Å²) in [6.45, 7) is 4.64. The zero-order chi connectivity index (χ0) is 17.4. The predicted octanol–water partition coefficient (Wildman–Crippen LogP) is 1.80. The molecule has 1 saturated heterocycles. The molecule has 1 unspecified atom stereocenters. The molecule has 4 rings (SSSR count). The molecule has 0 N–H and O–H groups in total. The molecule has 6 nitrogen and oxygen atoms in total. The van der Waals surface area contributed by atoms with Crippen LogP contribution in [0.1, 0.15) is 33.8 Å². The van der Waals surface area contributed by atoms with Crippen LogP contribution < -0.4 is 4.90 Å². The van der Waals surface area contributed by atoms with Gasteiger partial charge in [-0.2, -0.15) is 0 Å². The van der Waals surface area contributed by atoms with Gasteiger partial charge in [0.1, 0.15) is 0 Å². The Morgan fingerprint density at radius 1 is 1.08 bits per heavy atom. The first kappa shape index (κ1) is 15.7. The molecule has 2 heterocycles. The number of Topliss-reactive ketones (excluding diaryl/α,β-unsaturated/α-hetero) is 1. The molecule has 0 bridgehead atoms. The number of aromatic nitrogens is 2. The van der Waals surface area contributed by atoms with Crippen molar-refractivity contribution in [1.29, 1.82) is 0 Å². The van der Waals surface area contributed by atoms with Gasteiger partial charge in [-0.15, -0.1) is 0 Å². The van der Waals surface area contributed by atoms with Crippen LogP contribution in [0.15, 0.2) is 36.7 Å². The summed E-state index contributed by atoms with van der Waals surface area (Å²) in [6.07, 6.45) is 3.74. The minimum atomic E-state index is -0.330. The van der Waals surface area contributed by atoms with Crippen molar-refractivity contribution in [1.82, 2.24) is 14.9 Å². The van der Waals surface area contributed by atoms with Gasteiger partial charge < -0.3 is 9.80 Å². The number of aryl methyl sites for hydroxylation is 1. The van der Waals surface area contributed by atoms with E-state index in [9.17, 15) is 9.59 Å². The quantitative estimate of drug-likeness (QED) is 0.837. The van der Waals surface area contributed by atoms with Gasteiger partial charge in [-0.1, -0.05) is 18.2 Å².